The molecule has 0 saturated carbocycles. The molecule has 21 aromatic rings. The maximum absolute atomic E-state index is 7.07. The quantitative estimate of drug-likeness (QED) is 0.0302. The van der Waals surface area contributed by atoms with E-state index in [0.29, 0.717) is 23.0 Å². The fourth-order valence-corrected chi connectivity index (χ4v) is 20.8. The number of hydrogen-bond acceptors (Lipinski definition) is 4. The van der Waals surface area contributed by atoms with E-state index < -0.39 is 0 Å². The van der Waals surface area contributed by atoms with Gasteiger partial charge in [-0.15, -0.1) is 0 Å². The molecule has 0 radical (unpaired) electrons. The van der Waals surface area contributed by atoms with Gasteiger partial charge in [0.2, 0.25) is 0 Å². The first-order valence-corrected chi connectivity index (χ1v) is 46.2. The number of fused-ring (bicyclic) bond motifs is 8. The average Bonchev–Trinajstić information content (AvgIpc) is 1.61. The van der Waals surface area contributed by atoms with Crippen LogP contribution in [0.15, 0.2) is 340 Å². The van der Waals surface area contributed by atoms with Gasteiger partial charge in [0.1, 0.15) is 49.4 Å². The van der Waals surface area contributed by atoms with Crippen LogP contribution in [0.25, 0.3) is 87.2 Å². The van der Waals surface area contributed by atoms with Crippen molar-refractivity contribution in [2.24, 2.45) is 0 Å². The lowest BCUT2D eigenvalue weighted by molar-refractivity contribution is 0.275. The first kappa shape index (κ1) is 78.5. The highest BCUT2D eigenvalue weighted by Gasteiger charge is 2.30. The molecule has 0 saturated heterocycles. The smallest absolute Gasteiger partial charge is 0.119 e. The van der Waals surface area contributed by atoms with Gasteiger partial charge in [0.15, 0.2) is 0 Å². The molecule has 0 fully saturated rings. The second-order valence-corrected chi connectivity index (χ2v) is 38.3. The molecule has 0 bridgehead atoms. The standard InChI is InChI=1S/C102H70Br8N8O4/c103-63-9-25-91-75(35-63)83(43-111-91)99(84-44-112-92-26-10-64(104)36-76(84)92)55-1-17-71(18-2-55)119-51-59-33-61(53-121-73-21-5-57(6-22-73)101(87-47-115-95-29-13-67(107)39-79(87)95)88-48-116-96-30-14-68(108)40-80(88)96)62(54-122-74-23-7-58(8-24-74)102(89-49-117-97-31-15-69(109)41-81(89)97)90-50-118-98-32-16-70(110)42-82(90)98)34-60(59)52-120-72-19-3-56(4-20-72)100(85-45-113-93-27-11-65(105)37-77(85)93)86-46-114-94-28-12-66(106)38-78(86)94/h1-50,99-102,111-118H,51-54H2. The van der Waals surface area contributed by atoms with Crippen LogP contribution in [0.3, 0.4) is 0 Å². The monoisotopic (exact) mass is 2100 g/mol. The van der Waals surface area contributed by atoms with E-state index in [1.54, 1.807) is 0 Å². The second kappa shape index (κ2) is 33.1. The molecule has 20 heteroatoms. The summed E-state index contributed by atoms with van der Waals surface area (Å²) in [5.41, 5.74) is 25.9. The van der Waals surface area contributed by atoms with Crippen LogP contribution < -0.4 is 18.9 Å². The molecule has 598 valence electrons. The number of halogens is 8. The summed E-state index contributed by atoms with van der Waals surface area (Å²) in [4.78, 5) is 28.7. The van der Waals surface area contributed by atoms with Gasteiger partial charge in [0.25, 0.3) is 0 Å². The molecule has 8 heterocycles. The zero-order chi connectivity index (χ0) is 82.4. The van der Waals surface area contributed by atoms with E-state index in [4.69, 9.17) is 18.9 Å². The van der Waals surface area contributed by atoms with Crippen LogP contribution in [0.1, 0.15) is 113 Å². The number of rotatable bonds is 24. The molecule has 0 aliphatic carbocycles. The number of nitrogens with one attached hydrogen (secondary N) is 8. The maximum atomic E-state index is 7.07. The molecule has 12 nitrogen and oxygen atoms in total. The predicted molar refractivity (Wildman–Crippen MR) is 521 cm³/mol. The van der Waals surface area contributed by atoms with E-state index in [-0.39, 0.29) is 50.1 Å². The molecule has 0 aliphatic rings. The average molecular weight is 2110 g/mol. The molecular formula is C102H70Br8N8O4. The van der Waals surface area contributed by atoms with E-state index in [1.807, 2.05) is 0 Å². The number of benzene rings is 13. The van der Waals surface area contributed by atoms with Gasteiger partial charge in [-0.3, -0.25) is 0 Å². The van der Waals surface area contributed by atoms with Crippen molar-refractivity contribution in [1.29, 1.82) is 0 Å². The highest BCUT2D eigenvalue weighted by molar-refractivity contribution is 9.11. The molecule has 0 spiro atoms. The van der Waals surface area contributed by atoms with Crippen molar-refractivity contribution in [2.75, 3.05) is 0 Å². The van der Waals surface area contributed by atoms with Crippen LogP contribution in [0.4, 0.5) is 0 Å². The third kappa shape index (κ3) is 15.3. The highest BCUT2D eigenvalue weighted by atomic mass is 79.9. The molecule has 8 aromatic heterocycles. The van der Waals surface area contributed by atoms with Crippen molar-refractivity contribution in [1.82, 2.24) is 39.9 Å². The van der Waals surface area contributed by atoms with Crippen LogP contribution in [-0.2, 0) is 26.4 Å². The van der Waals surface area contributed by atoms with Crippen LogP contribution in [0.2, 0.25) is 0 Å². The van der Waals surface area contributed by atoms with E-state index in [1.165, 1.54) is 0 Å². The van der Waals surface area contributed by atoms with Gasteiger partial charge in [-0.1, -0.05) is 176 Å². The minimum atomic E-state index is -0.138. The molecular weight excluding hydrogens is 2040 g/mol. The number of aromatic nitrogens is 8. The normalized spacial score (nSPS) is 12.0. The highest BCUT2D eigenvalue weighted by Crippen LogP contribution is 2.48. The van der Waals surface area contributed by atoms with Gasteiger partial charge in [-0.25, -0.2) is 0 Å². The number of ether oxygens (including phenoxy) is 4. The topological polar surface area (TPSA) is 163 Å². The Hall–Kier alpha value is -10.8. The summed E-state index contributed by atoms with van der Waals surface area (Å²) in [6, 6.07) is 90.0. The van der Waals surface area contributed by atoms with Crippen LogP contribution in [-0.4, -0.2) is 39.9 Å². The summed E-state index contributed by atoms with van der Waals surface area (Å²) < 4.78 is 36.4. The lowest BCUT2D eigenvalue weighted by Gasteiger charge is -2.21. The van der Waals surface area contributed by atoms with Gasteiger partial charge in [-0.2, -0.15) is 0 Å². The molecule has 13 aromatic carbocycles. The first-order valence-electron chi connectivity index (χ1n) is 39.8. The Morgan fingerprint density at radius 3 is 0.475 bits per heavy atom. The summed E-state index contributed by atoms with van der Waals surface area (Å²) in [6.07, 6.45) is 17.2. The maximum Gasteiger partial charge on any atom is 0.119 e. The van der Waals surface area contributed by atoms with E-state index in [0.717, 1.165) is 212 Å². The van der Waals surface area contributed by atoms with E-state index in [2.05, 4.69) is 472 Å². The largest absolute Gasteiger partial charge is 0.489 e. The number of aromatic amines is 8. The SMILES string of the molecule is Brc1ccc2[nH]cc(C(c3ccc(OCc4cc(COc5ccc(C(c6c[nH]c7ccc(Br)cc67)c6c[nH]c7ccc(Br)cc67)cc5)c(COc5ccc(C(c6c[nH]c7ccc(Br)cc67)c6c[nH]c7ccc(Br)cc67)cc5)cc4COc4ccc(C(c5c[nH]c6ccc(Br)cc56)c5c[nH]c6ccc(Br)cc56)cc4)cc3)c3c[nH]c4ccc(Br)cc34)c2c1. The third-order valence-corrected chi connectivity index (χ3v) is 27.8. The van der Waals surface area contributed by atoms with Crippen molar-refractivity contribution in [3.05, 3.63) is 429 Å². The van der Waals surface area contributed by atoms with Crippen LogP contribution in [0, 0.1) is 0 Å². The molecule has 122 heavy (non-hydrogen) atoms. The molecule has 21 rings (SSSR count). The van der Waals surface area contributed by atoms with Crippen molar-refractivity contribution >= 4 is 215 Å². The fourth-order valence-electron chi connectivity index (χ4n) is 17.9. The van der Waals surface area contributed by atoms with Gasteiger partial charge >= 0.3 is 0 Å². The second-order valence-electron chi connectivity index (χ2n) is 31.0. The molecule has 0 amide bonds. The zero-order valence-electron chi connectivity index (χ0n) is 64.7. The Morgan fingerprint density at radius 2 is 0.328 bits per heavy atom. The Balaban J connectivity index is 0.653. The van der Waals surface area contributed by atoms with Crippen molar-refractivity contribution < 1.29 is 18.9 Å². The van der Waals surface area contributed by atoms with Crippen LogP contribution >= 0.6 is 127 Å². The summed E-state index contributed by atoms with van der Waals surface area (Å²) in [7, 11) is 0. The summed E-state index contributed by atoms with van der Waals surface area (Å²) >= 11 is 30.3. The van der Waals surface area contributed by atoms with Crippen molar-refractivity contribution in [3.8, 4) is 23.0 Å². The minimum absolute atomic E-state index is 0.138. The summed E-state index contributed by atoms with van der Waals surface area (Å²) in [5.74, 6) is 2.29. The summed E-state index contributed by atoms with van der Waals surface area (Å²) in [6.45, 7) is 0.829. The molecule has 0 unspecified atom stereocenters. The van der Waals surface area contributed by atoms with E-state index in [9.17, 15) is 0 Å². The molecule has 8 N–H and O–H groups in total. The molecule has 0 aliphatic heterocycles. The van der Waals surface area contributed by atoms with Gasteiger partial charge in [-0.05, 0) is 295 Å². The lowest BCUT2D eigenvalue weighted by Crippen LogP contribution is -2.11. The molecule has 0 atom stereocenters. The van der Waals surface area contributed by atoms with Gasteiger partial charge < -0.3 is 58.8 Å². The third-order valence-electron chi connectivity index (χ3n) is 23.8. The van der Waals surface area contributed by atoms with Crippen LogP contribution in [0.5, 0.6) is 23.0 Å². The number of H-pyrrole nitrogens is 8. The Bertz CT molecular complexity index is 6350. The summed E-state index contributed by atoms with van der Waals surface area (Å²) in [5, 5.41) is 9.11. The van der Waals surface area contributed by atoms with Gasteiger partial charge in [0, 0.05) is 196 Å². The Kier molecular flexibility index (Phi) is 21.3. The van der Waals surface area contributed by atoms with Gasteiger partial charge in [0.05, 0.1) is 0 Å². The predicted octanol–water partition coefficient (Wildman–Crippen LogP) is 30.7. The number of hydrogen-bond donors (Lipinski definition) is 8. The first-order chi connectivity index (χ1) is 59.6. The van der Waals surface area contributed by atoms with E-state index >= 15 is 0 Å². The Labute approximate surface area is 768 Å². The van der Waals surface area contributed by atoms with Crippen molar-refractivity contribution in [2.45, 2.75) is 50.1 Å². The minimum Gasteiger partial charge on any atom is -0.489 e. The fraction of sp³-hybridized carbons (Fsp3) is 0.0784. The Morgan fingerprint density at radius 1 is 0.180 bits per heavy atom. The lowest BCUT2D eigenvalue weighted by atomic mass is 9.85. The van der Waals surface area contributed by atoms with Crippen molar-refractivity contribution in [3.63, 3.8) is 0 Å². The zero-order valence-corrected chi connectivity index (χ0v) is 77.4.